The maximum atomic E-state index is 13.1. The molecule has 2 aromatic carbocycles. The number of benzene rings is 2. The molecule has 0 spiro atoms. The molecule has 7 heteroatoms. The summed E-state index contributed by atoms with van der Waals surface area (Å²) in [5.41, 5.74) is 1.59. The van der Waals surface area contributed by atoms with E-state index >= 15 is 0 Å². The van der Waals surface area contributed by atoms with E-state index in [4.69, 9.17) is 11.6 Å². The first kappa shape index (κ1) is 19.7. The summed E-state index contributed by atoms with van der Waals surface area (Å²) < 4.78 is 13.1. The average molecular weight is 378 g/mol. The van der Waals surface area contributed by atoms with Gasteiger partial charge in [0.2, 0.25) is 5.91 Å². The van der Waals surface area contributed by atoms with E-state index in [9.17, 15) is 14.0 Å². The predicted octanol–water partition coefficient (Wildman–Crippen LogP) is 4.01. The Hall–Kier alpha value is -2.60. The summed E-state index contributed by atoms with van der Waals surface area (Å²) in [7, 11) is 0. The minimum atomic E-state index is -0.517. The normalized spacial score (nSPS) is 10.3. The average Bonchev–Trinajstić information content (AvgIpc) is 2.64. The first-order valence-corrected chi connectivity index (χ1v) is 8.70. The van der Waals surface area contributed by atoms with Crippen molar-refractivity contribution in [3.63, 3.8) is 0 Å². The van der Waals surface area contributed by atoms with Crippen molar-refractivity contribution in [3.05, 3.63) is 58.9 Å². The van der Waals surface area contributed by atoms with Crippen LogP contribution in [0.15, 0.2) is 42.5 Å². The van der Waals surface area contributed by atoms with Crippen LogP contribution >= 0.6 is 11.6 Å². The lowest BCUT2D eigenvalue weighted by molar-refractivity contribution is -0.114. The number of anilines is 2. The minimum Gasteiger partial charge on any atom is -0.376 e. The summed E-state index contributed by atoms with van der Waals surface area (Å²) >= 11 is 5.70. The Kier molecular flexibility index (Phi) is 6.97. The van der Waals surface area contributed by atoms with Gasteiger partial charge in [0, 0.05) is 30.0 Å². The fourth-order valence-electron chi connectivity index (χ4n) is 2.42. The number of hydrogen-bond acceptors (Lipinski definition) is 3. The van der Waals surface area contributed by atoms with Crippen LogP contribution in [-0.4, -0.2) is 36.3 Å². The molecule has 0 heterocycles. The lowest BCUT2D eigenvalue weighted by atomic mass is 10.1. The van der Waals surface area contributed by atoms with Crippen molar-refractivity contribution in [2.24, 2.45) is 0 Å². The molecule has 0 aliphatic carbocycles. The molecule has 0 saturated carbocycles. The van der Waals surface area contributed by atoms with Gasteiger partial charge in [0.15, 0.2) is 0 Å². The molecule has 0 unspecified atom stereocenters. The first-order valence-electron chi connectivity index (χ1n) is 8.32. The molecule has 0 aliphatic rings. The van der Waals surface area contributed by atoms with Crippen molar-refractivity contribution in [2.45, 2.75) is 13.8 Å². The SMILES string of the molecule is CCN(CC)C(=O)c1cccc(NC(=O)CNc2ccc(F)c(Cl)c2)c1. The van der Waals surface area contributed by atoms with E-state index in [1.54, 1.807) is 29.2 Å². The molecule has 0 bridgehead atoms. The Labute approximate surface area is 157 Å². The number of carbonyl (C=O) groups excluding carboxylic acids is 2. The van der Waals surface area contributed by atoms with Gasteiger partial charge in [-0.15, -0.1) is 0 Å². The molecule has 0 atom stereocenters. The van der Waals surface area contributed by atoms with Crippen molar-refractivity contribution >= 4 is 34.8 Å². The topological polar surface area (TPSA) is 61.4 Å². The number of carbonyl (C=O) groups is 2. The number of halogens is 2. The Balaban J connectivity index is 1.97. The number of nitrogens with one attached hydrogen (secondary N) is 2. The number of rotatable bonds is 7. The van der Waals surface area contributed by atoms with Crippen LogP contribution in [0, 0.1) is 5.82 Å². The summed E-state index contributed by atoms with van der Waals surface area (Å²) in [5.74, 6) is -0.889. The van der Waals surface area contributed by atoms with Gasteiger partial charge in [-0.25, -0.2) is 4.39 Å². The lowest BCUT2D eigenvalue weighted by Gasteiger charge is -2.19. The molecule has 2 aromatic rings. The van der Waals surface area contributed by atoms with E-state index in [-0.39, 0.29) is 23.4 Å². The van der Waals surface area contributed by atoms with Crippen LogP contribution in [0.4, 0.5) is 15.8 Å². The minimum absolute atomic E-state index is 0.0157. The third kappa shape index (κ3) is 5.20. The third-order valence-corrected chi connectivity index (χ3v) is 4.11. The van der Waals surface area contributed by atoms with E-state index in [2.05, 4.69) is 10.6 Å². The zero-order valence-corrected chi connectivity index (χ0v) is 15.4. The van der Waals surface area contributed by atoms with E-state index < -0.39 is 5.82 Å². The molecule has 0 radical (unpaired) electrons. The van der Waals surface area contributed by atoms with Crippen LogP contribution in [0.2, 0.25) is 5.02 Å². The molecular weight excluding hydrogens is 357 g/mol. The molecular formula is C19H21ClFN3O2. The van der Waals surface area contributed by atoms with Crippen molar-refractivity contribution in [2.75, 3.05) is 30.3 Å². The second-order valence-electron chi connectivity index (χ2n) is 5.59. The van der Waals surface area contributed by atoms with Gasteiger partial charge in [0.25, 0.3) is 5.91 Å². The maximum Gasteiger partial charge on any atom is 0.253 e. The largest absolute Gasteiger partial charge is 0.376 e. The summed E-state index contributed by atoms with van der Waals surface area (Å²) in [6.45, 7) is 5.06. The van der Waals surface area contributed by atoms with Crippen molar-refractivity contribution in [1.29, 1.82) is 0 Å². The Morgan fingerprint density at radius 3 is 2.46 bits per heavy atom. The Morgan fingerprint density at radius 1 is 1.08 bits per heavy atom. The fourth-order valence-corrected chi connectivity index (χ4v) is 2.60. The van der Waals surface area contributed by atoms with Gasteiger partial charge >= 0.3 is 0 Å². The van der Waals surface area contributed by atoms with Gasteiger partial charge in [-0.2, -0.15) is 0 Å². The third-order valence-electron chi connectivity index (χ3n) is 3.82. The predicted molar refractivity (Wildman–Crippen MR) is 102 cm³/mol. The molecule has 5 nitrogen and oxygen atoms in total. The summed E-state index contributed by atoms with van der Waals surface area (Å²) in [6, 6.07) is 10.9. The lowest BCUT2D eigenvalue weighted by Crippen LogP contribution is -2.30. The molecule has 2 amide bonds. The zero-order chi connectivity index (χ0) is 19.1. The summed E-state index contributed by atoms with van der Waals surface area (Å²) in [5, 5.41) is 5.58. The van der Waals surface area contributed by atoms with Crippen LogP contribution < -0.4 is 10.6 Å². The van der Waals surface area contributed by atoms with Crippen molar-refractivity contribution in [3.8, 4) is 0 Å². The van der Waals surface area contributed by atoms with Crippen LogP contribution in [0.25, 0.3) is 0 Å². The molecule has 2 rings (SSSR count). The first-order chi connectivity index (χ1) is 12.4. The highest BCUT2D eigenvalue weighted by molar-refractivity contribution is 6.31. The Bertz CT molecular complexity index is 794. The molecule has 0 aromatic heterocycles. The summed E-state index contributed by atoms with van der Waals surface area (Å²) in [6.07, 6.45) is 0. The smallest absolute Gasteiger partial charge is 0.253 e. The highest BCUT2D eigenvalue weighted by atomic mass is 35.5. The molecule has 26 heavy (non-hydrogen) atoms. The van der Waals surface area contributed by atoms with E-state index in [0.29, 0.717) is 30.0 Å². The van der Waals surface area contributed by atoms with E-state index in [0.717, 1.165) is 0 Å². The molecule has 0 fully saturated rings. The van der Waals surface area contributed by atoms with E-state index in [1.807, 2.05) is 13.8 Å². The van der Waals surface area contributed by atoms with Gasteiger partial charge in [0.05, 0.1) is 11.6 Å². The maximum absolute atomic E-state index is 13.1. The van der Waals surface area contributed by atoms with E-state index in [1.165, 1.54) is 18.2 Å². The van der Waals surface area contributed by atoms with Crippen LogP contribution in [0.3, 0.4) is 0 Å². The van der Waals surface area contributed by atoms with Crippen LogP contribution in [0.1, 0.15) is 24.2 Å². The summed E-state index contributed by atoms with van der Waals surface area (Å²) in [4.78, 5) is 26.2. The van der Waals surface area contributed by atoms with Crippen molar-refractivity contribution in [1.82, 2.24) is 4.90 Å². The highest BCUT2D eigenvalue weighted by Crippen LogP contribution is 2.19. The van der Waals surface area contributed by atoms with Gasteiger partial charge in [-0.3, -0.25) is 9.59 Å². The fraction of sp³-hybridized carbons (Fsp3) is 0.263. The molecule has 0 saturated heterocycles. The van der Waals surface area contributed by atoms with Gasteiger partial charge in [-0.05, 0) is 50.2 Å². The highest BCUT2D eigenvalue weighted by Gasteiger charge is 2.13. The number of nitrogens with zero attached hydrogens (tertiary/aromatic N) is 1. The number of hydrogen-bond donors (Lipinski definition) is 2. The monoisotopic (exact) mass is 377 g/mol. The quantitative estimate of drug-likeness (QED) is 0.766. The Morgan fingerprint density at radius 2 is 1.81 bits per heavy atom. The van der Waals surface area contributed by atoms with Gasteiger partial charge in [0.1, 0.15) is 5.82 Å². The van der Waals surface area contributed by atoms with Crippen LogP contribution in [0.5, 0.6) is 0 Å². The molecule has 138 valence electrons. The zero-order valence-electron chi connectivity index (χ0n) is 14.7. The van der Waals surface area contributed by atoms with Gasteiger partial charge in [-0.1, -0.05) is 17.7 Å². The second kappa shape index (κ2) is 9.20. The standard InChI is InChI=1S/C19H21ClFN3O2/c1-3-24(4-2)19(26)13-6-5-7-15(10-13)23-18(25)12-22-14-8-9-17(21)16(20)11-14/h5-11,22H,3-4,12H2,1-2H3,(H,23,25). The van der Waals surface area contributed by atoms with Gasteiger partial charge < -0.3 is 15.5 Å². The molecule has 2 N–H and O–H groups in total. The molecule has 0 aliphatic heterocycles. The van der Waals surface area contributed by atoms with Crippen molar-refractivity contribution < 1.29 is 14.0 Å². The number of amides is 2. The van der Waals surface area contributed by atoms with Crippen LogP contribution in [-0.2, 0) is 4.79 Å². The second-order valence-corrected chi connectivity index (χ2v) is 6.00.